The molecule has 0 aliphatic rings. The van der Waals surface area contributed by atoms with Crippen LogP contribution < -0.4 is 16.0 Å². The van der Waals surface area contributed by atoms with Crippen LogP contribution in [0.5, 0.6) is 5.75 Å². The Kier molecular flexibility index (Phi) is 4.41. The number of furan rings is 1. The normalized spacial score (nSPS) is 12.4. The molecule has 18 heavy (non-hydrogen) atoms. The number of ether oxygens (including phenoxy) is 1. The van der Waals surface area contributed by atoms with Crippen molar-refractivity contribution in [1.29, 1.82) is 0 Å². The molecule has 0 aliphatic heterocycles. The summed E-state index contributed by atoms with van der Waals surface area (Å²) in [5.74, 6) is 7.21. The fourth-order valence-electron chi connectivity index (χ4n) is 1.79. The van der Waals surface area contributed by atoms with Crippen molar-refractivity contribution in [2.75, 3.05) is 7.11 Å². The van der Waals surface area contributed by atoms with Gasteiger partial charge in [0.2, 0.25) is 0 Å². The van der Waals surface area contributed by atoms with Gasteiger partial charge in [-0.15, -0.1) is 0 Å². The molecule has 0 saturated heterocycles. The molecule has 0 fully saturated rings. The van der Waals surface area contributed by atoms with Crippen molar-refractivity contribution in [2.45, 2.75) is 12.5 Å². The van der Waals surface area contributed by atoms with Crippen LogP contribution in [0.3, 0.4) is 0 Å². The van der Waals surface area contributed by atoms with Gasteiger partial charge in [0.25, 0.3) is 0 Å². The van der Waals surface area contributed by atoms with Gasteiger partial charge in [0, 0.05) is 4.47 Å². The molecule has 5 heteroatoms. The Balaban J connectivity index is 2.21. The monoisotopic (exact) mass is 310 g/mol. The van der Waals surface area contributed by atoms with E-state index in [-0.39, 0.29) is 6.04 Å². The second-order valence-corrected chi connectivity index (χ2v) is 4.75. The lowest BCUT2D eigenvalue weighted by molar-refractivity contribution is 0.407. The van der Waals surface area contributed by atoms with E-state index in [0.29, 0.717) is 6.42 Å². The van der Waals surface area contributed by atoms with E-state index in [1.807, 2.05) is 30.3 Å². The predicted molar refractivity (Wildman–Crippen MR) is 73.2 cm³/mol. The van der Waals surface area contributed by atoms with Crippen molar-refractivity contribution in [2.24, 2.45) is 5.84 Å². The van der Waals surface area contributed by atoms with Crippen LogP contribution in [0.2, 0.25) is 0 Å². The number of hydrogen-bond donors (Lipinski definition) is 2. The Bertz CT molecular complexity index is 500. The predicted octanol–water partition coefficient (Wildman–Crippen LogP) is 2.80. The summed E-state index contributed by atoms with van der Waals surface area (Å²) in [4.78, 5) is 0. The van der Waals surface area contributed by atoms with Gasteiger partial charge in [0.15, 0.2) is 0 Å². The minimum Gasteiger partial charge on any atom is -0.497 e. The molecule has 1 unspecified atom stereocenters. The number of benzene rings is 1. The van der Waals surface area contributed by atoms with E-state index in [1.165, 1.54) is 0 Å². The van der Waals surface area contributed by atoms with Crippen molar-refractivity contribution < 1.29 is 9.15 Å². The number of nitrogens with two attached hydrogens (primary N) is 1. The highest BCUT2D eigenvalue weighted by Crippen LogP contribution is 2.27. The largest absolute Gasteiger partial charge is 0.497 e. The Morgan fingerprint density at radius 1 is 1.44 bits per heavy atom. The van der Waals surface area contributed by atoms with E-state index < -0.39 is 0 Å². The van der Waals surface area contributed by atoms with Crippen LogP contribution in [-0.4, -0.2) is 7.11 Å². The van der Waals surface area contributed by atoms with Gasteiger partial charge >= 0.3 is 0 Å². The molecule has 96 valence electrons. The highest BCUT2D eigenvalue weighted by Gasteiger charge is 2.15. The minimum absolute atomic E-state index is 0.0663. The van der Waals surface area contributed by atoms with E-state index in [9.17, 15) is 0 Å². The second kappa shape index (κ2) is 6.04. The summed E-state index contributed by atoms with van der Waals surface area (Å²) in [7, 11) is 1.65. The maximum absolute atomic E-state index is 5.58. The quantitative estimate of drug-likeness (QED) is 0.658. The topological polar surface area (TPSA) is 60.4 Å². The average molecular weight is 311 g/mol. The molecule has 1 aromatic heterocycles. The molecular formula is C13H15BrN2O2. The summed E-state index contributed by atoms with van der Waals surface area (Å²) in [5, 5.41) is 0. The Labute approximate surface area is 114 Å². The van der Waals surface area contributed by atoms with E-state index in [2.05, 4.69) is 21.4 Å². The Hall–Kier alpha value is -1.30. The highest BCUT2D eigenvalue weighted by molar-refractivity contribution is 9.10. The number of hydrogen-bond acceptors (Lipinski definition) is 4. The van der Waals surface area contributed by atoms with Gasteiger partial charge in [0.1, 0.15) is 11.5 Å². The average Bonchev–Trinajstić information content (AvgIpc) is 2.91. The summed E-state index contributed by atoms with van der Waals surface area (Å²) in [6.45, 7) is 0. The fraction of sp³-hybridized carbons (Fsp3) is 0.231. The van der Waals surface area contributed by atoms with Crippen LogP contribution in [0.4, 0.5) is 0 Å². The van der Waals surface area contributed by atoms with Gasteiger partial charge in [-0.05, 0) is 42.3 Å². The molecule has 0 bridgehead atoms. The van der Waals surface area contributed by atoms with Crippen molar-refractivity contribution in [3.63, 3.8) is 0 Å². The van der Waals surface area contributed by atoms with Crippen LogP contribution in [0.1, 0.15) is 17.4 Å². The molecule has 4 nitrogen and oxygen atoms in total. The highest BCUT2D eigenvalue weighted by atomic mass is 79.9. The molecule has 0 amide bonds. The molecule has 0 spiro atoms. The smallest absolute Gasteiger partial charge is 0.122 e. The summed E-state index contributed by atoms with van der Waals surface area (Å²) in [5.41, 5.74) is 3.87. The Morgan fingerprint density at radius 2 is 2.28 bits per heavy atom. The maximum atomic E-state index is 5.58. The van der Waals surface area contributed by atoms with E-state index in [0.717, 1.165) is 21.5 Å². The lowest BCUT2D eigenvalue weighted by Crippen LogP contribution is -2.29. The van der Waals surface area contributed by atoms with E-state index in [1.54, 1.807) is 13.4 Å². The van der Waals surface area contributed by atoms with Crippen LogP contribution in [0.25, 0.3) is 0 Å². The van der Waals surface area contributed by atoms with E-state index >= 15 is 0 Å². The van der Waals surface area contributed by atoms with Crippen molar-refractivity contribution >= 4 is 15.9 Å². The van der Waals surface area contributed by atoms with Gasteiger partial charge in [-0.1, -0.05) is 15.9 Å². The second-order valence-electron chi connectivity index (χ2n) is 3.90. The molecule has 1 aromatic carbocycles. The first kappa shape index (κ1) is 13.1. The summed E-state index contributed by atoms with van der Waals surface area (Å²) in [6, 6.07) is 9.54. The molecule has 0 aliphatic carbocycles. The lowest BCUT2D eigenvalue weighted by atomic mass is 10.0. The summed E-state index contributed by atoms with van der Waals surface area (Å²) >= 11 is 3.53. The SMILES string of the molecule is COc1ccc(Br)c(CC(NN)c2ccco2)c1. The zero-order valence-electron chi connectivity index (χ0n) is 10.0. The summed E-state index contributed by atoms with van der Waals surface area (Å²) < 4.78 is 11.6. The zero-order chi connectivity index (χ0) is 13.0. The number of hydrazine groups is 1. The maximum Gasteiger partial charge on any atom is 0.122 e. The standard InChI is InChI=1S/C13H15BrN2O2/c1-17-10-4-5-11(14)9(7-10)8-12(16-15)13-3-2-6-18-13/h2-7,12,16H,8,15H2,1H3. The molecule has 1 atom stereocenters. The molecule has 3 N–H and O–H groups in total. The minimum atomic E-state index is -0.0663. The van der Waals surface area contributed by atoms with Crippen LogP contribution in [0.15, 0.2) is 45.5 Å². The van der Waals surface area contributed by atoms with Crippen molar-refractivity contribution in [3.05, 3.63) is 52.4 Å². The van der Waals surface area contributed by atoms with Gasteiger partial charge in [-0.2, -0.15) is 0 Å². The van der Waals surface area contributed by atoms with E-state index in [4.69, 9.17) is 15.0 Å². The summed E-state index contributed by atoms with van der Waals surface area (Å²) in [6.07, 6.45) is 2.35. The number of methoxy groups -OCH3 is 1. The molecule has 0 saturated carbocycles. The van der Waals surface area contributed by atoms with Crippen molar-refractivity contribution in [3.8, 4) is 5.75 Å². The van der Waals surface area contributed by atoms with Crippen molar-refractivity contribution in [1.82, 2.24) is 5.43 Å². The first-order valence-electron chi connectivity index (χ1n) is 5.56. The van der Waals surface area contributed by atoms with Gasteiger partial charge in [0.05, 0.1) is 19.4 Å². The molecule has 0 radical (unpaired) electrons. The van der Waals surface area contributed by atoms with Gasteiger partial charge < -0.3 is 9.15 Å². The number of nitrogens with one attached hydrogen (secondary N) is 1. The first-order valence-corrected chi connectivity index (χ1v) is 6.36. The molecule has 2 aromatic rings. The molecular weight excluding hydrogens is 296 g/mol. The van der Waals surface area contributed by atoms with Gasteiger partial charge in [-0.25, -0.2) is 5.43 Å². The number of rotatable bonds is 5. The van der Waals surface area contributed by atoms with Crippen LogP contribution in [0, 0.1) is 0 Å². The third-order valence-electron chi connectivity index (χ3n) is 2.76. The Morgan fingerprint density at radius 3 is 2.89 bits per heavy atom. The lowest BCUT2D eigenvalue weighted by Gasteiger charge is -2.15. The molecule has 1 heterocycles. The first-order chi connectivity index (χ1) is 8.74. The third kappa shape index (κ3) is 2.93. The van der Waals surface area contributed by atoms with Gasteiger partial charge in [-0.3, -0.25) is 5.84 Å². The molecule has 2 rings (SSSR count). The number of halogens is 1. The fourth-order valence-corrected chi connectivity index (χ4v) is 2.19. The van der Waals surface area contributed by atoms with Crippen LogP contribution >= 0.6 is 15.9 Å². The zero-order valence-corrected chi connectivity index (χ0v) is 11.6. The van der Waals surface area contributed by atoms with Crippen LogP contribution in [-0.2, 0) is 6.42 Å². The third-order valence-corrected chi connectivity index (χ3v) is 3.54.